The first-order valence-corrected chi connectivity index (χ1v) is 15.4. The molecule has 3 amide bonds. The van der Waals surface area contributed by atoms with Crippen LogP contribution in [0.25, 0.3) is 11.3 Å². The van der Waals surface area contributed by atoms with E-state index in [4.69, 9.17) is 24.4 Å². The molecule has 0 unspecified atom stereocenters. The van der Waals surface area contributed by atoms with Crippen LogP contribution in [0.15, 0.2) is 54.7 Å². The minimum absolute atomic E-state index is 0.0283. The molecule has 236 valence electrons. The van der Waals surface area contributed by atoms with E-state index in [1.165, 1.54) is 5.56 Å². The van der Waals surface area contributed by atoms with Crippen LogP contribution >= 0.6 is 0 Å². The molecule has 3 fully saturated rings. The molecule has 3 aromatic rings. The third kappa shape index (κ3) is 6.28. The van der Waals surface area contributed by atoms with E-state index in [0.29, 0.717) is 23.9 Å². The van der Waals surface area contributed by atoms with Gasteiger partial charge in [-0.15, -0.1) is 0 Å². The van der Waals surface area contributed by atoms with Crippen LogP contribution in [-0.4, -0.2) is 89.9 Å². The summed E-state index contributed by atoms with van der Waals surface area (Å²) in [6, 6.07) is 15.7. The summed E-state index contributed by atoms with van der Waals surface area (Å²) < 4.78 is 12.1. The number of ether oxygens (including phenoxy) is 2. The van der Waals surface area contributed by atoms with E-state index in [1.54, 1.807) is 6.20 Å². The number of carbonyl (C=O) groups excluding carboxylic acids is 2. The fourth-order valence-corrected chi connectivity index (χ4v) is 6.76. The number of fused-ring (bicyclic) bond motifs is 1. The van der Waals surface area contributed by atoms with Gasteiger partial charge in [-0.25, -0.2) is 14.8 Å². The number of carboxylic acid groups (broad SMARTS) is 1. The van der Waals surface area contributed by atoms with Gasteiger partial charge >= 0.3 is 6.03 Å². The van der Waals surface area contributed by atoms with Gasteiger partial charge in [0, 0.05) is 49.5 Å². The molecule has 3 N–H and O–H groups in total. The lowest BCUT2D eigenvalue weighted by Crippen LogP contribution is -2.67. The number of likely N-dealkylation sites (tertiary alicyclic amines) is 1. The van der Waals surface area contributed by atoms with Gasteiger partial charge in [-0.2, -0.15) is 0 Å². The molecule has 0 bridgehead atoms. The maximum Gasteiger partial charge on any atom is 0.324 e. The van der Waals surface area contributed by atoms with Crippen LogP contribution in [0.1, 0.15) is 42.2 Å². The smallest absolute Gasteiger partial charge is 0.324 e. The van der Waals surface area contributed by atoms with E-state index in [1.807, 2.05) is 59.2 Å². The predicted molar refractivity (Wildman–Crippen MR) is 167 cm³/mol. The van der Waals surface area contributed by atoms with Gasteiger partial charge in [0.25, 0.3) is 12.4 Å². The van der Waals surface area contributed by atoms with Gasteiger partial charge in [-0.05, 0) is 75.0 Å². The van der Waals surface area contributed by atoms with Crippen molar-refractivity contribution in [2.45, 2.75) is 44.8 Å². The Morgan fingerprint density at radius 1 is 1.16 bits per heavy atom. The number of nitrogens with zero attached hydrogens (tertiary/aromatic N) is 4. The molecule has 12 heteroatoms. The number of carbonyl (C=O) groups is 3. The molecule has 0 radical (unpaired) electrons. The molecular weight excluding hydrogens is 576 g/mol. The highest BCUT2D eigenvalue weighted by Crippen LogP contribution is 2.50. The highest BCUT2D eigenvalue weighted by molar-refractivity contribution is 5.96. The standard InChI is InChI=1S/C32H36N6O4.CH2O2/c1-2-41-30-24(7-5-13-34-30)25-9-10-27(28(36-25)29(39)35-22-11-14-33-18-22)42-23-16-32(17-23)19-37(20-32)31(40)38-15-12-21-6-3-4-8-26(21)38;2-1-3/h3-10,13,22-23,33H,2,11-12,14-20H2,1H3,(H,35,39);1H,(H,2,3)/t22-;/m1./s1. The van der Waals surface area contributed by atoms with Crippen molar-refractivity contribution >= 4 is 24.1 Å². The molecule has 1 spiro atoms. The summed E-state index contributed by atoms with van der Waals surface area (Å²) in [4.78, 5) is 48.0. The number of hydrogen-bond donors (Lipinski definition) is 3. The fourth-order valence-electron chi connectivity index (χ4n) is 6.76. The number of benzene rings is 1. The van der Waals surface area contributed by atoms with Crippen LogP contribution in [0.5, 0.6) is 11.6 Å². The van der Waals surface area contributed by atoms with Gasteiger partial charge in [-0.1, -0.05) is 18.2 Å². The number of para-hydroxylation sites is 1. The summed E-state index contributed by atoms with van der Waals surface area (Å²) in [6.45, 7) is 5.97. The second kappa shape index (κ2) is 13.1. The van der Waals surface area contributed by atoms with Crippen LogP contribution in [0.4, 0.5) is 10.5 Å². The maximum absolute atomic E-state index is 13.5. The SMILES string of the molecule is CCOc1ncccc1-c1ccc(OC2CC3(C2)CN(C(=O)N2CCc4ccccc42)C3)c(C(=O)N[C@@H]2CCNC2)n1.O=CO. The van der Waals surface area contributed by atoms with Gasteiger partial charge in [-0.3, -0.25) is 14.5 Å². The minimum Gasteiger partial charge on any atom is -0.488 e. The molecule has 2 saturated heterocycles. The van der Waals surface area contributed by atoms with Crippen molar-refractivity contribution in [1.29, 1.82) is 0 Å². The fraction of sp³-hybridized carbons (Fsp3) is 0.424. The Kier molecular flexibility index (Phi) is 8.83. The van der Waals surface area contributed by atoms with Crippen LogP contribution < -0.4 is 25.0 Å². The zero-order valence-corrected chi connectivity index (χ0v) is 25.3. The highest BCUT2D eigenvalue weighted by Gasteiger charge is 2.55. The number of amides is 3. The Hall–Kier alpha value is -4.71. The number of hydrogen-bond acceptors (Lipinski definition) is 8. The first-order chi connectivity index (χ1) is 21.9. The Morgan fingerprint density at radius 2 is 1.96 bits per heavy atom. The topological polar surface area (TPSA) is 146 Å². The molecule has 1 aromatic carbocycles. The molecular formula is C33H38N6O6. The van der Waals surface area contributed by atoms with E-state index >= 15 is 0 Å². The van der Waals surface area contributed by atoms with Gasteiger partial charge < -0.3 is 30.1 Å². The normalized spacial score (nSPS) is 19.4. The number of urea groups is 1. The van der Waals surface area contributed by atoms with Gasteiger partial charge in [0.15, 0.2) is 11.4 Å². The minimum atomic E-state index is -0.250. The lowest BCUT2D eigenvalue weighted by Gasteiger charge is -2.58. The van der Waals surface area contributed by atoms with Crippen molar-refractivity contribution in [3.8, 4) is 22.9 Å². The average molecular weight is 615 g/mol. The number of aromatic nitrogens is 2. The van der Waals surface area contributed by atoms with Crippen molar-refractivity contribution in [3.63, 3.8) is 0 Å². The maximum atomic E-state index is 13.5. The molecule has 1 saturated carbocycles. The van der Waals surface area contributed by atoms with Crippen LogP contribution in [-0.2, 0) is 11.2 Å². The number of rotatable bonds is 7. The predicted octanol–water partition coefficient (Wildman–Crippen LogP) is 3.36. The second-order valence-electron chi connectivity index (χ2n) is 11.9. The average Bonchev–Trinajstić information content (AvgIpc) is 3.68. The Bertz CT molecular complexity index is 1550. The molecule has 4 aliphatic rings. The first kappa shape index (κ1) is 30.3. The van der Waals surface area contributed by atoms with Crippen molar-refractivity contribution in [2.24, 2.45) is 5.41 Å². The molecule has 5 heterocycles. The summed E-state index contributed by atoms with van der Waals surface area (Å²) in [7, 11) is 0. The van der Waals surface area contributed by atoms with Gasteiger partial charge in [0.2, 0.25) is 5.88 Å². The Morgan fingerprint density at radius 3 is 2.71 bits per heavy atom. The Balaban J connectivity index is 0.00000115. The third-order valence-electron chi connectivity index (χ3n) is 8.85. The van der Waals surface area contributed by atoms with E-state index in [0.717, 1.165) is 69.7 Å². The molecule has 3 aliphatic heterocycles. The van der Waals surface area contributed by atoms with Crippen molar-refractivity contribution < 1.29 is 29.0 Å². The van der Waals surface area contributed by atoms with E-state index in [-0.39, 0.29) is 41.7 Å². The molecule has 12 nitrogen and oxygen atoms in total. The van der Waals surface area contributed by atoms with Gasteiger partial charge in [0.1, 0.15) is 6.10 Å². The zero-order chi connectivity index (χ0) is 31.4. The summed E-state index contributed by atoms with van der Waals surface area (Å²) in [5.41, 5.74) is 3.96. The van der Waals surface area contributed by atoms with Crippen LogP contribution in [0.2, 0.25) is 0 Å². The van der Waals surface area contributed by atoms with Crippen molar-refractivity contribution in [1.82, 2.24) is 25.5 Å². The lowest BCUT2D eigenvalue weighted by molar-refractivity contribution is -0.122. The largest absolute Gasteiger partial charge is 0.488 e. The second-order valence-corrected chi connectivity index (χ2v) is 11.9. The molecule has 2 aromatic heterocycles. The van der Waals surface area contributed by atoms with E-state index in [2.05, 4.69) is 21.7 Å². The number of pyridine rings is 2. The summed E-state index contributed by atoms with van der Waals surface area (Å²) in [6.07, 6.45) is 5.13. The van der Waals surface area contributed by atoms with Crippen LogP contribution in [0, 0.1) is 5.41 Å². The molecule has 45 heavy (non-hydrogen) atoms. The molecule has 1 aliphatic carbocycles. The van der Waals surface area contributed by atoms with Crippen molar-refractivity contribution in [3.05, 3.63) is 66.0 Å². The summed E-state index contributed by atoms with van der Waals surface area (Å²) >= 11 is 0. The lowest BCUT2D eigenvalue weighted by atomic mass is 9.62. The quantitative estimate of drug-likeness (QED) is 0.341. The third-order valence-corrected chi connectivity index (χ3v) is 8.85. The summed E-state index contributed by atoms with van der Waals surface area (Å²) in [5, 5.41) is 13.3. The van der Waals surface area contributed by atoms with Crippen LogP contribution in [0.3, 0.4) is 0 Å². The Labute approximate surface area is 261 Å². The van der Waals surface area contributed by atoms with E-state index in [9.17, 15) is 9.59 Å². The number of anilines is 1. The van der Waals surface area contributed by atoms with E-state index < -0.39 is 0 Å². The monoisotopic (exact) mass is 614 g/mol. The molecule has 1 atom stereocenters. The van der Waals surface area contributed by atoms with Crippen molar-refractivity contribution in [2.75, 3.05) is 44.2 Å². The highest BCUT2D eigenvalue weighted by atomic mass is 16.5. The van der Waals surface area contributed by atoms with Gasteiger partial charge in [0.05, 0.1) is 17.9 Å². The zero-order valence-electron chi connectivity index (χ0n) is 25.3. The molecule has 7 rings (SSSR count). The number of nitrogens with one attached hydrogen (secondary N) is 2. The summed E-state index contributed by atoms with van der Waals surface area (Å²) in [5.74, 6) is 0.711. The first-order valence-electron chi connectivity index (χ1n) is 15.4.